The third-order valence-corrected chi connectivity index (χ3v) is 4.30. The molecule has 0 saturated heterocycles. The summed E-state index contributed by atoms with van der Waals surface area (Å²) in [6.07, 6.45) is 2.75. The highest BCUT2D eigenvalue weighted by Crippen LogP contribution is 2.31. The van der Waals surface area contributed by atoms with E-state index in [2.05, 4.69) is 20.6 Å². The fourth-order valence-electron chi connectivity index (χ4n) is 2.89. The number of carbonyl (C=O) groups excluding carboxylic acids is 2. The highest BCUT2D eigenvalue weighted by atomic mass is 19.1. The lowest BCUT2D eigenvalue weighted by Crippen LogP contribution is -2.21. The summed E-state index contributed by atoms with van der Waals surface area (Å²) in [6, 6.07) is 12.5. The van der Waals surface area contributed by atoms with Crippen LogP contribution in [-0.4, -0.2) is 21.8 Å². The maximum atomic E-state index is 14.5. The first-order valence-corrected chi connectivity index (χ1v) is 9.23. The molecule has 0 aliphatic heterocycles. The van der Waals surface area contributed by atoms with Gasteiger partial charge in [-0.2, -0.15) is 0 Å². The summed E-state index contributed by atoms with van der Waals surface area (Å²) >= 11 is 0. The van der Waals surface area contributed by atoms with Gasteiger partial charge in [0, 0.05) is 29.8 Å². The molecule has 4 aromatic rings. The predicted octanol–water partition coefficient (Wildman–Crippen LogP) is 4.60. The Morgan fingerprint density at radius 2 is 1.61 bits per heavy atom. The van der Waals surface area contributed by atoms with Crippen molar-refractivity contribution in [1.29, 1.82) is 0 Å². The van der Waals surface area contributed by atoms with Gasteiger partial charge in [-0.25, -0.2) is 13.8 Å². The molecule has 2 aromatic heterocycles. The third kappa shape index (κ3) is 4.84. The van der Waals surface area contributed by atoms with E-state index in [1.807, 2.05) is 0 Å². The molecule has 4 rings (SSSR count). The zero-order chi connectivity index (χ0) is 21.8. The van der Waals surface area contributed by atoms with Crippen LogP contribution in [0.5, 0.6) is 11.5 Å². The van der Waals surface area contributed by atoms with Gasteiger partial charge in [0.15, 0.2) is 11.6 Å². The van der Waals surface area contributed by atoms with Gasteiger partial charge in [-0.1, -0.05) is 0 Å². The molecular weight excluding hydrogens is 406 g/mol. The number of rotatable bonds is 6. The zero-order valence-corrected chi connectivity index (χ0v) is 16.0. The van der Waals surface area contributed by atoms with Crippen molar-refractivity contribution in [2.24, 2.45) is 0 Å². The van der Waals surface area contributed by atoms with Crippen molar-refractivity contribution >= 4 is 34.2 Å². The summed E-state index contributed by atoms with van der Waals surface area (Å²) in [5, 5.41) is 5.63. The minimum Gasteiger partial charge on any atom is -0.453 e. The number of hydrogen-bond acceptors (Lipinski definition) is 4. The number of fused-ring (bicyclic) bond motifs is 1. The molecule has 156 valence electrons. The van der Waals surface area contributed by atoms with E-state index in [1.165, 1.54) is 42.6 Å². The lowest BCUT2D eigenvalue weighted by molar-refractivity contribution is -0.123. The minimum atomic E-state index is -0.686. The number of aromatic nitrogens is 2. The number of hydrogen-bond donors (Lipinski definition) is 3. The maximum absolute atomic E-state index is 14.5. The van der Waals surface area contributed by atoms with Crippen LogP contribution in [0.25, 0.3) is 11.0 Å². The molecule has 9 heteroatoms. The van der Waals surface area contributed by atoms with Gasteiger partial charge in [-0.15, -0.1) is 0 Å². The van der Waals surface area contributed by atoms with Crippen molar-refractivity contribution in [2.45, 2.75) is 6.42 Å². The van der Waals surface area contributed by atoms with Crippen LogP contribution < -0.4 is 15.4 Å². The van der Waals surface area contributed by atoms with Crippen LogP contribution >= 0.6 is 0 Å². The number of nitrogens with zero attached hydrogens (tertiary/aromatic N) is 1. The van der Waals surface area contributed by atoms with Crippen molar-refractivity contribution in [3.63, 3.8) is 0 Å². The summed E-state index contributed by atoms with van der Waals surface area (Å²) in [5.41, 5.74) is 1.14. The van der Waals surface area contributed by atoms with Crippen molar-refractivity contribution in [3.05, 3.63) is 78.6 Å². The van der Waals surface area contributed by atoms with Crippen molar-refractivity contribution in [2.75, 3.05) is 10.6 Å². The van der Waals surface area contributed by atoms with Crippen LogP contribution in [0, 0.1) is 11.6 Å². The molecule has 0 spiro atoms. The summed E-state index contributed by atoms with van der Waals surface area (Å²) in [5.74, 6) is -1.94. The van der Waals surface area contributed by atoms with Gasteiger partial charge < -0.3 is 20.4 Å². The average molecular weight is 422 g/mol. The van der Waals surface area contributed by atoms with Gasteiger partial charge in [-0.05, 0) is 48.5 Å². The van der Waals surface area contributed by atoms with Gasteiger partial charge in [0.25, 0.3) is 0 Å². The number of halogens is 2. The van der Waals surface area contributed by atoms with Crippen molar-refractivity contribution in [3.8, 4) is 11.5 Å². The van der Waals surface area contributed by atoms with Crippen LogP contribution in [0.3, 0.4) is 0 Å². The first-order chi connectivity index (χ1) is 15.0. The number of H-pyrrole nitrogens is 1. The van der Waals surface area contributed by atoms with Gasteiger partial charge in [-0.3, -0.25) is 9.59 Å². The van der Waals surface area contributed by atoms with Crippen LogP contribution in [0.15, 0.2) is 67.0 Å². The standard InChI is InChI=1S/C22H16F2N4O3/c23-13-1-3-14(4-2-13)27-20(29)12-21(30)28-15-5-6-19(17(24)11-15)31-18-8-10-26-22-16(18)7-9-25-22/h1-11H,12H2,(H,25,26)(H,27,29)(H,28,30). The number of aromatic amines is 1. The largest absolute Gasteiger partial charge is 0.453 e. The molecule has 2 aromatic carbocycles. The Hall–Kier alpha value is -4.27. The molecular formula is C22H16F2N4O3. The number of carbonyl (C=O) groups is 2. The normalized spacial score (nSPS) is 10.6. The third-order valence-electron chi connectivity index (χ3n) is 4.30. The van der Waals surface area contributed by atoms with E-state index in [0.29, 0.717) is 22.5 Å². The fourth-order valence-corrected chi connectivity index (χ4v) is 2.89. The molecule has 7 nitrogen and oxygen atoms in total. The molecule has 3 N–H and O–H groups in total. The first-order valence-electron chi connectivity index (χ1n) is 9.23. The van der Waals surface area contributed by atoms with Crippen LogP contribution in [0.4, 0.5) is 20.2 Å². The van der Waals surface area contributed by atoms with Gasteiger partial charge in [0.1, 0.15) is 23.6 Å². The Balaban J connectivity index is 1.37. The first kappa shape index (κ1) is 20.0. The highest BCUT2D eigenvalue weighted by molar-refractivity contribution is 6.08. The summed E-state index contributed by atoms with van der Waals surface area (Å²) < 4.78 is 33.0. The number of pyridine rings is 1. The maximum Gasteiger partial charge on any atom is 0.233 e. The second-order valence-corrected chi connectivity index (χ2v) is 6.58. The van der Waals surface area contributed by atoms with Crippen LogP contribution in [0.2, 0.25) is 0 Å². The van der Waals surface area contributed by atoms with E-state index in [0.717, 1.165) is 6.07 Å². The number of ether oxygens (including phenoxy) is 1. The molecule has 31 heavy (non-hydrogen) atoms. The van der Waals surface area contributed by atoms with Crippen LogP contribution in [-0.2, 0) is 9.59 Å². The van der Waals surface area contributed by atoms with E-state index in [9.17, 15) is 18.4 Å². The molecule has 0 fully saturated rings. The van der Waals surface area contributed by atoms with Crippen molar-refractivity contribution in [1.82, 2.24) is 9.97 Å². The zero-order valence-electron chi connectivity index (χ0n) is 16.0. The number of anilines is 2. The Morgan fingerprint density at radius 3 is 2.35 bits per heavy atom. The number of benzene rings is 2. The average Bonchev–Trinajstić information content (AvgIpc) is 3.21. The SMILES string of the molecule is O=C(CC(=O)Nc1ccc(Oc2ccnc3[nH]ccc23)c(F)c1)Nc1ccc(F)cc1. The number of amides is 2. The monoisotopic (exact) mass is 422 g/mol. The van der Waals surface area contributed by atoms with Crippen LogP contribution in [0.1, 0.15) is 6.42 Å². The molecule has 0 radical (unpaired) electrons. The molecule has 0 bridgehead atoms. The lowest BCUT2D eigenvalue weighted by atomic mass is 10.2. The molecule has 0 atom stereocenters. The Bertz CT molecular complexity index is 1260. The Morgan fingerprint density at radius 1 is 0.903 bits per heavy atom. The minimum absolute atomic E-state index is 0.0271. The predicted molar refractivity (Wildman–Crippen MR) is 111 cm³/mol. The summed E-state index contributed by atoms with van der Waals surface area (Å²) in [7, 11) is 0. The van der Waals surface area contributed by atoms with E-state index in [4.69, 9.17) is 4.74 Å². The fraction of sp³-hybridized carbons (Fsp3) is 0.0455. The Labute approximate surface area is 175 Å². The van der Waals surface area contributed by atoms with E-state index >= 15 is 0 Å². The smallest absolute Gasteiger partial charge is 0.233 e. The van der Waals surface area contributed by atoms with Gasteiger partial charge >= 0.3 is 0 Å². The molecule has 0 saturated carbocycles. The molecule has 0 aliphatic rings. The van der Waals surface area contributed by atoms with Gasteiger partial charge in [0.05, 0.1) is 5.39 Å². The summed E-state index contributed by atoms with van der Waals surface area (Å²) in [6.45, 7) is 0. The van der Waals surface area contributed by atoms with Crippen molar-refractivity contribution < 1.29 is 23.1 Å². The second-order valence-electron chi connectivity index (χ2n) is 6.58. The number of nitrogens with one attached hydrogen (secondary N) is 3. The van der Waals surface area contributed by atoms with E-state index in [1.54, 1.807) is 18.3 Å². The Kier molecular flexibility index (Phi) is 5.57. The lowest BCUT2D eigenvalue weighted by Gasteiger charge is -2.10. The van der Waals surface area contributed by atoms with E-state index in [-0.39, 0.29) is 11.4 Å². The molecule has 2 heterocycles. The highest BCUT2D eigenvalue weighted by Gasteiger charge is 2.13. The molecule has 2 amide bonds. The molecule has 0 unspecified atom stereocenters. The van der Waals surface area contributed by atoms with E-state index < -0.39 is 29.9 Å². The molecule has 0 aliphatic carbocycles. The topological polar surface area (TPSA) is 96.1 Å². The van der Waals surface area contributed by atoms with Gasteiger partial charge in [0.2, 0.25) is 11.8 Å². The second kappa shape index (κ2) is 8.62. The summed E-state index contributed by atoms with van der Waals surface area (Å²) in [4.78, 5) is 31.1. The quantitative estimate of drug-likeness (QED) is 0.396.